The minimum absolute atomic E-state index is 0.269. The number of carbonyl (C=O) groups excluding carboxylic acids is 4. The van der Waals surface area contributed by atoms with Gasteiger partial charge in [0.1, 0.15) is 5.75 Å². The average Bonchev–Trinajstić information content (AvgIpc) is 3.35. The lowest BCUT2D eigenvalue weighted by Gasteiger charge is -2.40. The van der Waals surface area contributed by atoms with Crippen LogP contribution in [0.4, 0.5) is 22.7 Å². The van der Waals surface area contributed by atoms with E-state index in [1.54, 1.807) is 42.5 Å². The summed E-state index contributed by atoms with van der Waals surface area (Å²) < 4.78 is 5.67. The molecule has 9 nitrogen and oxygen atoms in total. The van der Waals surface area contributed by atoms with Crippen LogP contribution in [-0.4, -0.2) is 30.7 Å². The average molecular weight is 935 g/mol. The van der Waals surface area contributed by atoms with Gasteiger partial charge in [0, 0.05) is 55.8 Å². The number of ether oxygens (including phenoxy) is 1. The molecule has 6 aromatic rings. The fourth-order valence-electron chi connectivity index (χ4n) is 12.1. The van der Waals surface area contributed by atoms with Crippen molar-refractivity contribution in [1.29, 1.82) is 0 Å². The Balaban J connectivity index is 1.16. The van der Waals surface area contributed by atoms with E-state index in [1.807, 2.05) is 55.4 Å². The lowest BCUT2D eigenvalue weighted by Crippen LogP contribution is -2.31. The predicted molar refractivity (Wildman–Crippen MR) is 283 cm³/mol. The van der Waals surface area contributed by atoms with Crippen molar-refractivity contribution in [2.45, 2.75) is 130 Å². The maximum absolute atomic E-state index is 14.3. The number of hydrogen-bond donors (Lipinski definition) is 4. The van der Waals surface area contributed by atoms with Gasteiger partial charge in [-0.1, -0.05) is 93.1 Å². The molecular formula is C61H66N4O5. The van der Waals surface area contributed by atoms with Crippen LogP contribution >= 0.6 is 0 Å². The summed E-state index contributed by atoms with van der Waals surface area (Å²) in [6, 6.07) is 29.6. The highest BCUT2D eigenvalue weighted by Gasteiger charge is 2.39. The van der Waals surface area contributed by atoms with E-state index in [2.05, 4.69) is 69.8 Å². The number of amides is 4. The highest BCUT2D eigenvalue weighted by atomic mass is 16.5. The normalized spacial score (nSPS) is 16.9. The van der Waals surface area contributed by atoms with Gasteiger partial charge >= 0.3 is 0 Å². The Hall–Kier alpha value is -7.00. The quantitative estimate of drug-likeness (QED) is 0.131. The Kier molecular flexibility index (Phi) is 13.1. The zero-order valence-corrected chi connectivity index (χ0v) is 42.3. The monoisotopic (exact) mass is 935 g/mol. The molecule has 9 aliphatic rings. The van der Waals surface area contributed by atoms with Gasteiger partial charge in [0.05, 0.1) is 7.11 Å². The molecule has 0 atom stereocenters. The summed E-state index contributed by atoms with van der Waals surface area (Å²) in [7, 11) is 1.54. The van der Waals surface area contributed by atoms with Crippen molar-refractivity contribution in [3.63, 3.8) is 0 Å². The first kappa shape index (κ1) is 48.0. The second-order valence-electron chi connectivity index (χ2n) is 20.6. The molecule has 4 amide bonds. The van der Waals surface area contributed by atoms with Gasteiger partial charge in [-0.2, -0.15) is 0 Å². The number of rotatable bonds is 1. The van der Waals surface area contributed by atoms with E-state index in [0.717, 1.165) is 131 Å². The molecular weight excluding hydrogens is 869 g/mol. The maximum atomic E-state index is 14.3. The van der Waals surface area contributed by atoms with Crippen LogP contribution < -0.4 is 26.0 Å². The lowest BCUT2D eigenvalue weighted by atomic mass is 9.64. The fourth-order valence-corrected chi connectivity index (χ4v) is 12.1. The summed E-state index contributed by atoms with van der Waals surface area (Å²) in [5.74, 6) is -0.831. The summed E-state index contributed by atoms with van der Waals surface area (Å²) in [5.41, 5.74) is 16.3. The zero-order chi connectivity index (χ0) is 49.6. The zero-order valence-electron chi connectivity index (χ0n) is 42.3. The van der Waals surface area contributed by atoms with Crippen molar-refractivity contribution < 1.29 is 23.9 Å². The lowest BCUT2D eigenvalue weighted by molar-refractivity contribution is 0.101. The molecule has 7 heterocycles. The van der Waals surface area contributed by atoms with E-state index >= 15 is 0 Å². The third-order valence-electron chi connectivity index (χ3n) is 15.8. The van der Waals surface area contributed by atoms with Gasteiger partial charge in [0.15, 0.2) is 0 Å². The molecule has 2 spiro atoms. The SMILES string of the molecule is COc1cc2cc(c1)C(=O)Nc1c(C)cc(cc1C)C1(CCCCC1)c1cc(C)c(c(C)c1)NC(=O)c1cccc(c1)C(=O)Nc1c(C)cc(cc1C)C1(CCCCC1)c1cc(C)c(c(C)c1)NC2=O. The van der Waals surface area contributed by atoms with Crippen molar-refractivity contribution in [3.8, 4) is 5.75 Å². The van der Waals surface area contributed by atoms with E-state index in [-0.39, 0.29) is 34.5 Å². The summed E-state index contributed by atoms with van der Waals surface area (Å²) in [6.07, 6.45) is 10.5. The largest absolute Gasteiger partial charge is 0.497 e. The molecule has 4 N–H and O–H groups in total. The van der Waals surface area contributed by atoms with E-state index in [4.69, 9.17) is 4.74 Å². The van der Waals surface area contributed by atoms with Gasteiger partial charge in [0.2, 0.25) is 0 Å². The Bertz CT molecular complexity index is 2820. The molecule has 0 saturated heterocycles. The van der Waals surface area contributed by atoms with Crippen LogP contribution in [0.15, 0.2) is 91.0 Å². The molecule has 7 aliphatic heterocycles. The topological polar surface area (TPSA) is 126 Å². The summed E-state index contributed by atoms with van der Waals surface area (Å²) in [6.45, 7) is 16.3. The van der Waals surface area contributed by atoms with Gasteiger partial charge in [0.25, 0.3) is 23.6 Å². The van der Waals surface area contributed by atoms with Crippen molar-refractivity contribution in [2.24, 2.45) is 0 Å². The van der Waals surface area contributed by atoms with Crippen LogP contribution in [-0.2, 0) is 10.8 Å². The molecule has 15 rings (SSSR count). The second kappa shape index (κ2) is 19.1. The summed E-state index contributed by atoms with van der Waals surface area (Å²) >= 11 is 0. The van der Waals surface area contributed by atoms with Crippen LogP contribution in [0.1, 0.15) is 172 Å². The second-order valence-corrected chi connectivity index (χ2v) is 20.6. The van der Waals surface area contributed by atoms with Crippen molar-refractivity contribution >= 4 is 46.4 Å². The molecule has 360 valence electrons. The molecule has 2 saturated carbocycles. The maximum Gasteiger partial charge on any atom is 0.255 e. The Labute approximate surface area is 413 Å². The Morgan fingerprint density at radius 1 is 0.357 bits per heavy atom. The van der Waals surface area contributed by atoms with Crippen molar-refractivity contribution in [3.05, 3.63) is 180 Å². The number of hydrogen-bond acceptors (Lipinski definition) is 5. The molecule has 70 heavy (non-hydrogen) atoms. The van der Waals surface area contributed by atoms with Crippen LogP contribution in [0, 0.1) is 55.4 Å². The number of aryl methyl sites for hydroxylation is 8. The number of nitrogens with one attached hydrogen (secondary N) is 4. The van der Waals surface area contributed by atoms with E-state index in [1.165, 1.54) is 29.4 Å². The molecule has 0 aromatic heterocycles. The van der Waals surface area contributed by atoms with Gasteiger partial charge < -0.3 is 26.0 Å². The molecule has 9 heteroatoms. The van der Waals surface area contributed by atoms with Gasteiger partial charge in [-0.05, 0) is 184 Å². The first-order chi connectivity index (χ1) is 33.5. The highest BCUT2D eigenvalue weighted by molar-refractivity contribution is 6.11. The number of carbonyl (C=O) groups is 4. The Morgan fingerprint density at radius 2 is 0.614 bits per heavy atom. The first-order valence-corrected chi connectivity index (χ1v) is 25.0. The highest BCUT2D eigenvalue weighted by Crippen LogP contribution is 2.49. The molecule has 2 aliphatic carbocycles. The number of anilines is 4. The molecule has 2 fully saturated rings. The molecule has 0 unspecified atom stereocenters. The van der Waals surface area contributed by atoms with Gasteiger partial charge in [-0.15, -0.1) is 0 Å². The minimum Gasteiger partial charge on any atom is -0.497 e. The predicted octanol–water partition coefficient (Wildman–Crippen LogP) is 14.0. The van der Waals surface area contributed by atoms with E-state index in [9.17, 15) is 19.2 Å². The smallest absolute Gasteiger partial charge is 0.255 e. The fraction of sp³-hybridized carbons (Fsp3) is 0.344. The standard InChI is InChI=1S/C61H66N4O5/c1-35-23-47-24-36(2)52(35)62-56(66)43-17-16-18-44(31-43)57(67)63-53-37(3)25-48(26-38(53)4)61(21-14-11-15-22-61)50-29-41(7)55(42(8)30-50)65-59(69)46-32-45(33-51(34-46)70-9)58(68)64-54-39(5)27-49(28-40(54)6)60(47)19-12-10-13-20-60/h16-18,23-34H,10-15,19-22H2,1-9H3,(H,62,66)(H,63,67)(H,64,68)(H,65,69). The van der Waals surface area contributed by atoms with Gasteiger partial charge in [-0.3, -0.25) is 19.2 Å². The minimum atomic E-state index is -0.337. The first-order valence-electron chi connectivity index (χ1n) is 25.0. The van der Waals surface area contributed by atoms with E-state index < -0.39 is 0 Å². The number of benzene rings is 6. The summed E-state index contributed by atoms with van der Waals surface area (Å²) in [5, 5.41) is 12.8. The third-order valence-corrected chi connectivity index (χ3v) is 15.8. The summed E-state index contributed by atoms with van der Waals surface area (Å²) in [4.78, 5) is 56.7. The third kappa shape index (κ3) is 8.91. The Morgan fingerprint density at radius 3 is 0.886 bits per heavy atom. The van der Waals surface area contributed by atoms with Crippen LogP contribution in [0.5, 0.6) is 5.75 Å². The number of methoxy groups -OCH3 is 1. The van der Waals surface area contributed by atoms with Crippen molar-refractivity contribution in [1.82, 2.24) is 0 Å². The van der Waals surface area contributed by atoms with Crippen LogP contribution in [0.3, 0.4) is 0 Å². The van der Waals surface area contributed by atoms with Gasteiger partial charge in [-0.25, -0.2) is 0 Å². The molecule has 12 bridgehead atoms. The van der Waals surface area contributed by atoms with Crippen LogP contribution in [0.2, 0.25) is 0 Å². The molecule has 6 aromatic carbocycles. The molecule has 0 radical (unpaired) electrons. The van der Waals surface area contributed by atoms with Crippen molar-refractivity contribution in [2.75, 3.05) is 28.4 Å². The van der Waals surface area contributed by atoms with Crippen LogP contribution in [0.25, 0.3) is 0 Å². The van der Waals surface area contributed by atoms with E-state index in [0.29, 0.717) is 28.0 Å².